The van der Waals surface area contributed by atoms with Crippen molar-refractivity contribution in [2.75, 3.05) is 0 Å². The van der Waals surface area contributed by atoms with Crippen LogP contribution in [0.5, 0.6) is 34.5 Å². The summed E-state index contributed by atoms with van der Waals surface area (Å²) in [6.07, 6.45) is 6.55. The summed E-state index contributed by atoms with van der Waals surface area (Å²) >= 11 is 0. The number of para-hydroxylation sites is 2. The molecule has 0 unspecified atom stereocenters. The fourth-order valence-corrected chi connectivity index (χ4v) is 7.74. The van der Waals surface area contributed by atoms with Crippen molar-refractivity contribution in [3.8, 4) is 57.5 Å². The van der Waals surface area contributed by atoms with Crippen molar-refractivity contribution >= 4 is 43.6 Å². The van der Waals surface area contributed by atoms with Gasteiger partial charge in [0, 0.05) is 69.8 Å². The maximum absolute atomic E-state index is 6.68. The van der Waals surface area contributed by atoms with Gasteiger partial charge in [0.05, 0.1) is 34.3 Å². The number of pyridine rings is 2. The molecule has 5 aromatic carbocycles. The fraction of sp³-hybridized carbons (Fsp3) is 0.122. The molecule has 0 spiro atoms. The topological polar surface area (TPSA) is 111 Å². The second-order valence-corrected chi connectivity index (χ2v) is 15.0. The quantitative estimate of drug-likeness (QED) is 0.126. The summed E-state index contributed by atoms with van der Waals surface area (Å²) in [4.78, 5) is 22.4. The number of fused-ring (bicyclic) bond motifs is 6. The lowest BCUT2D eigenvalue weighted by Crippen LogP contribution is -2.06. The molecule has 10 aromatic rings. The molecule has 5 aromatic heterocycles. The minimum absolute atomic E-state index is 0.0279. The molecule has 294 valence electrons. The molecule has 60 heavy (non-hydrogen) atoms. The van der Waals surface area contributed by atoms with E-state index in [2.05, 4.69) is 60.5 Å². The summed E-state index contributed by atoms with van der Waals surface area (Å²) in [7, 11) is 0. The van der Waals surface area contributed by atoms with Gasteiger partial charge in [-0.2, -0.15) is 0 Å². The van der Waals surface area contributed by atoms with Crippen molar-refractivity contribution in [1.29, 1.82) is 0 Å². The molecule has 10 rings (SSSR count). The maximum Gasteiger partial charge on any atom is 0.162 e. The second-order valence-electron chi connectivity index (χ2n) is 15.0. The smallest absolute Gasteiger partial charge is 0.162 e. The van der Waals surface area contributed by atoms with Gasteiger partial charge in [-0.3, -0.25) is 9.13 Å². The predicted octanol–water partition coefficient (Wildman–Crippen LogP) is 11.7. The van der Waals surface area contributed by atoms with Crippen LogP contribution in [-0.2, 0) is 0 Å². The summed E-state index contributed by atoms with van der Waals surface area (Å²) in [6, 6.07) is 42.1. The van der Waals surface area contributed by atoms with E-state index in [0.717, 1.165) is 66.7 Å². The largest absolute Gasteiger partial charge is 0.491 e. The molecule has 0 saturated heterocycles. The van der Waals surface area contributed by atoms with Crippen LogP contribution in [0, 0.1) is 0 Å². The summed E-state index contributed by atoms with van der Waals surface area (Å²) in [5.41, 5.74) is 4.62. The molecule has 5 heterocycles. The van der Waals surface area contributed by atoms with E-state index in [4.69, 9.17) is 28.9 Å². The number of aromatic nitrogens is 7. The number of benzene rings is 5. The average Bonchev–Trinajstić information content (AvgIpc) is 3.76. The molecule has 11 heteroatoms. The van der Waals surface area contributed by atoms with Crippen molar-refractivity contribution < 1.29 is 18.9 Å². The molecular weight excluding hydrogens is 751 g/mol. The van der Waals surface area contributed by atoms with E-state index < -0.39 is 0 Å². The standard InChI is InChI=1S/C49H39N7O4/c1-30(2)57-35-17-19-51-47(26-35)55-43-11-7-5-9-39(43)41-15-13-33(24-45(41)55)59-37-21-32(49-53-28-50-29-54-49)22-38(23-37)60-34-14-16-42-40-10-6-8-12-44(40)56(46(42)25-34)48-27-36(18-20-52-48)58-31(3)4/h5-31H,1-4H3. The van der Waals surface area contributed by atoms with E-state index in [9.17, 15) is 0 Å². The molecule has 0 radical (unpaired) electrons. The van der Waals surface area contributed by atoms with Crippen LogP contribution >= 0.6 is 0 Å². The molecule has 0 aliphatic carbocycles. The van der Waals surface area contributed by atoms with E-state index in [1.165, 1.54) is 12.7 Å². The van der Waals surface area contributed by atoms with Crippen LogP contribution in [0.15, 0.2) is 152 Å². The minimum Gasteiger partial charge on any atom is -0.491 e. The third-order valence-electron chi connectivity index (χ3n) is 10.0. The lowest BCUT2D eigenvalue weighted by Gasteiger charge is -2.14. The van der Waals surface area contributed by atoms with Crippen molar-refractivity contribution in [1.82, 2.24) is 34.1 Å². The van der Waals surface area contributed by atoms with Gasteiger partial charge in [-0.25, -0.2) is 24.9 Å². The van der Waals surface area contributed by atoms with Gasteiger partial charge in [0.2, 0.25) is 0 Å². The van der Waals surface area contributed by atoms with Gasteiger partial charge in [-0.15, -0.1) is 0 Å². The fourth-order valence-electron chi connectivity index (χ4n) is 7.74. The SMILES string of the molecule is CC(C)Oc1ccnc(-n2c3ccccc3c3ccc(Oc4cc(Oc5ccc6c7ccccc7n(-c7cc(OC(C)C)ccn7)c6c5)cc(-c5ncncn5)c4)cc32)c1. The summed E-state index contributed by atoms with van der Waals surface area (Å²) in [5, 5.41) is 4.35. The molecule has 0 N–H and O–H groups in total. The third-order valence-corrected chi connectivity index (χ3v) is 10.0. The maximum atomic E-state index is 6.68. The molecule has 0 saturated carbocycles. The van der Waals surface area contributed by atoms with Crippen LogP contribution in [0.4, 0.5) is 0 Å². The summed E-state index contributed by atoms with van der Waals surface area (Å²) < 4.78 is 29.7. The Balaban J connectivity index is 1.05. The minimum atomic E-state index is 0.0279. The molecule has 11 nitrogen and oxygen atoms in total. The van der Waals surface area contributed by atoms with Gasteiger partial charge >= 0.3 is 0 Å². The van der Waals surface area contributed by atoms with E-state index in [-0.39, 0.29) is 12.2 Å². The van der Waals surface area contributed by atoms with E-state index in [1.54, 1.807) is 12.4 Å². The highest BCUT2D eigenvalue weighted by Crippen LogP contribution is 2.39. The van der Waals surface area contributed by atoms with Crippen LogP contribution in [0.2, 0.25) is 0 Å². The highest BCUT2D eigenvalue weighted by Gasteiger charge is 2.18. The highest BCUT2D eigenvalue weighted by molar-refractivity contribution is 6.10. The Morgan fingerprint density at radius 3 is 1.37 bits per heavy atom. The van der Waals surface area contributed by atoms with E-state index in [1.807, 2.05) is 119 Å². The molecule has 0 aliphatic heterocycles. The van der Waals surface area contributed by atoms with Gasteiger partial charge in [-0.1, -0.05) is 36.4 Å². The predicted molar refractivity (Wildman–Crippen MR) is 234 cm³/mol. The molecule has 0 fully saturated rings. The zero-order valence-corrected chi connectivity index (χ0v) is 33.4. The number of hydrogen-bond acceptors (Lipinski definition) is 9. The number of ether oxygens (including phenoxy) is 4. The Kier molecular flexibility index (Phi) is 9.25. The van der Waals surface area contributed by atoms with Crippen molar-refractivity contribution in [3.63, 3.8) is 0 Å². The number of rotatable bonds is 11. The van der Waals surface area contributed by atoms with Gasteiger partial charge in [-0.05, 0) is 88.4 Å². The first-order valence-electron chi connectivity index (χ1n) is 19.8. The summed E-state index contributed by atoms with van der Waals surface area (Å²) in [5.74, 6) is 5.80. The second kappa shape index (κ2) is 15.2. The van der Waals surface area contributed by atoms with E-state index >= 15 is 0 Å². The van der Waals surface area contributed by atoms with Crippen LogP contribution < -0.4 is 18.9 Å². The first-order valence-corrected chi connectivity index (χ1v) is 19.8. The average molecular weight is 790 g/mol. The Morgan fingerprint density at radius 2 is 0.883 bits per heavy atom. The van der Waals surface area contributed by atoms with Crippen LogP contribution in [0.25, 0.3) is 66.6 Å². The Hall–Kier alpha value is -7.79. The lowest BCUT2D eigenvalue weighted by molar-refractivity contribution is 0.242. The zero-order chi connectivity index (χ0) is 40.7. The van der Waals surface area contributed by atoms with Crippen LogP contribution in [0.3, 0.4) is 0 Å². The molecule has 0 bridgehead atoms. The van der Waals surface area contributed by atoms with Crippen molar-refractivity contribution in [3.05, 3.63) is 152 Å². The highest BCUT2D eigenvalue weighted by atomic mass is 16.5. The normalized spacial score (nSPS) is 11.6. The Bertz CT molecular complexity index is 3000. The Morgan fingerprint density at radius 1 is 0.417 bits per heavy atom. The van der Waals surface area contributed by atoms with Gasteiger partial charge in [0.1, 0.15) is 58.8 Å². The van der Waals surface area contributed by atoms with Gasteiger partial charge < -0.3 is 18.9 Å². The lowest BCUT2D eigenvalue weighted by atomic mass is 10.1. The molecule has 0 aliphatic rings. The number of hydrogen-bond donors (Lipinski definition) is 0. The first kappa shape index (κ1) is 36.5. The summed E-state index contributed by atoms with van der Waals surface area (Å²) in [6.45, 7) is 8.05. The van der Waals surface area contributed by atoms with E-state index in [0.29, 0.717) is 34.4 Å². The zero-order valence-electron chi connectivity index (χ0n) is 33.4. The molecule has 0 atom stereocenters. The number of nitrogens with zero attached hydrogens (tertiary/aromatic N) is 7. The first-order chi connectivity index (χ1) is 29.3. The monoisotopic (exact) mass is 789 g/mol. The van der Waals surface area contributed by atoms with Crippen LogP contribution in [-0.4, -0.2) is 46.3 Å². The van der Waals surface area contributed by atoms with Gasteiger partial charge in [0.15, 0.2) is 5.82 Å². The van der Waals surface area contributed by atoms with Crippen LogP contribution in [0.1, 0.15) is 27.7 Å². The molecular formula is C49H39N7O4. The van der Waals surface area contributed by atoms with Crippen molar-refractivity contribution in [2.24, 2.45) is 0 Å². The van der Waals surface area contributed by atoms with Crippen molar-refractivity contribution in [2.45, 2.75) is 39.9 Å². The molecule has 0 amide bonds. The third kappa shape index (κ3) is 6.96. The van der Waals surface area contributed by atoms with Gasteiger partial charge in [0.25, 0.3) is 0 Å². The Labute approximate surface area is 345 Å².